The van der Waals surface area contributed by atoms with E-state index >= 15 is 4.39 Å². The Morgan fingerprint density at radius 2 is 2.00 bits per heavy atom. The molecule has 1 unspecified atom stereocenters. The van der Waals surface area contributed by atoms with Crippen LogP contribution in [0.15, 0.2) is 6.07 Å². The third-order valence-corrected chi connectivity index (χ3v) is 7.76. The number of ether oxygens (including phenoxy) is 2. The number of alkyl halides is 3. The maximum absolute atomic E-state index is 15.2. The van der Waals surface area contributed by atoms with Gasteiger partial charge < -0.3 is 20.1 Å². The van der Waals surface area contributed by atoms with Crippen molar-refractivity contribution in [2.75, 3.05) is 38.4 Å². The van der Waals surface area contributed by atoms with E-state index in [1.165, 1.54) is 28.2 Å². The molecular formula is C26H28ClF4N7O4. The van der Waals surface area contributed by atoms with Gasteiger partial charge in [-0.3, -0.25) is 14.3 Å². The molecule has 2 aliphatic rings. The summed E-state index contributed by atoms with van der Waals surface area (Å²) in [6.07, 6.45) is -5.72. The van der Waals surface area contributed by atoms with Gasteiger partial charge in [-0.25, -0.2) is 9.45 Å². The first-order valence-corrected chi connectivity index (χ1v) is 13.3. The lowest BCUT2D eigenvalue weighted by molar-refractivity contribution is -0.140. The second kappa shape index (κ2) is 11.2. The first kappa shape index (κ1) is 29.8. The number of nitrogens with zero attached hydrogens (tertiary/aromatic N) is 6. The average Bonchev–Trinajstić information content (AvgIpc) is 3.11. The van der Waals surface area contributed by atoms with E-state index in [1.807, 2.05) is 4.90 Å². The van der Waals surface area contributed by atoms with Crippen LogP contribution in [-0.2, 0) is 41.9 Å². The number of fused-ring (bicyclic) bond motifs is 2. The van der Waals surface area contributed by atoms with Crippen LogP contribution in [0.25, 0.3) is 0 Å². The van der Waals surface area contributed by atoms with Crippen molar-refractivity contribution in [1.29, 1.82) is 0 Å². The number of carbonyl (C=O) groups is 1. The van der Waals surface area contributed by atoms with Crippen molar-refractivity contribution in [2.24, 2.45) is 0 Å². The zero-order chi connectivity index (χ0) is 30.5. The van der Waals surface area contributed by atoms with Gasteiger partial charge in [0, 0.05) is 37.7 Å². The summed E-state index contributed by atoms with van der Waals surface area (Å²) < 4.78 is 70.1. The molecule has 16 heteroatoms. The predicted octanol–water partition coefficient (Wildman–Crippen LogP) is 4.24. The lowest BCUT2D eigenvalue weighted by Crippen LogP contribution is -2.29. The molecule has 0 aliphatic carbocycles. The molecule has 3 aromatic rings. The van der Waals surface area contributed by atoms with Crippen molar-refractivity contribution in [3.63, 3.8) is 0 Å². The van der Waals surface area contributed by atoms with Crippen LogP contribution in [-0.4, -0.2) is 58.5 Å². The Hall–Kier alpha value is -3.69. The van der Waals surface area contributed by atoms with Crippen molar-refractivity contribution in [1.82, 2.24) is 24.8 Å². The number of hydrogen-bond acceptors (Lipinski definition) is 9. The molecule has 11 nitrogen and oxygen atoms in total. The summed E-state index contributed by atoms with van der Waals surface area (Å²) in [5.74, 6) is -1.27. The molecule has 226 valence electrons. The molecule has 5 rings (SSSR count). The third kappa shape index (κ3) is 5.20. The SMILES string of the molecule is COc1nc2c(c(N3CCCn4nc(C(=O)N(C)OC)c(Cl)c4C3)n1)COC(c1c(F)c(N)cc(C)c1C(F)(F)F)C2. The zero-order valence-corrected chi connectivity index (χ0v) is 23.9. The lowest BCUT2D eigenvalue weighted by atomic mass is 9.91. The standard InChI is InChI=1S/C26H28ClF4N7O4/c1-12-8-14(32)21(28)18(19(12)26(29,30)31)17-9-15-13(11-42-17)23(34-25(33-15)40-3)37-6-5-7-38-16(10-37)20(27)22(35-38)24(39)36(2)41-4/h8,17H,5-7,9-11,32H2,1-4H3. The van der Waals surface area contributed by atoms with E-state index in [0.29, 0.717) is 42.3 Å². The number of methoxy groups -OCH3 is 1. The number of nitrogens with two attached hydrogens (primary N) is 1. The van der Waals surface area contributed by atoms with Gasteiger partial charge in [-0.2, -0.15) is 28.2 Å². The molecule has 1 amide bonds. The Kier molecular flexibility index (Phi) is 7.94. The van der Waals surface area contributed by atoms with E-state index in [2.05, 4.69) is 15.1 Å². The molecule has 2 aromatic heterocycles. The van der Waals surface area contributed by atoms with Gasteiger partial charge in [0.05, 0.1) is 61.1 Å². The van der Waals surface area contributed by atoms with Gasteiger partial charge in [0.1, 0.15) is 5.82 Å². The number of benzene rings is 1. The molecular weight excluding hydrogens is 586 g/mol. The van der Waals surface area contributed by atoms with Crippen LogP contribution in [0.1, 0.15) is 56.7 Å². The van der Waals surface area contributed by atoms with Crippen LogP contribution in [0.5, 0.6) is 6.01 Å². The van der Waals surface area contributed by atoms with E-state index < -0.39 is 40.8 Å². The second-order valence-corrected chi connectivity index (χ2v) is 10.3. The predicted molar refractivity (Wildman–Crippen MR) is 142 cm³/mol. The lowest BCUT2D eigenvalue weighted by Gasteiger charge is -2.32. The highest BCUT2D eigenvalue weighted by Crippen LogP contribution is 2.44. The Morgan fingerprint density at radius 3 is 2.67 bits per heavy atom. The number of anilines is 2. The van der Waals surface area contributed by atoms with Gasteiger partial charge in [-0.1, -0.05) is 11.6 Å². The summed E-state index contributed by atoms with van der Waals surface area (Å²) in [4.78, 5) is 28.5. The number of aryl methyl sites for hydroxylation is 2. The summed E-state index contributed by atoms with van der Waals surface area (Å²) in [6.45, 7) is 2.19. The zero-order valence-electron chi connectivity index (χ0n) is 23.2. The van der Waals surface area contributed by atoms with Crippen LogP contribution in [0.2, 0.25) is 5.02 Å². The second-order valence-electron chi connectivity index (χ2n) is 9.94. The highest BCUT2D eigenvalue weighted by atomic mass is 35.5. The van der Waals surface area contributed by atoms with Crippen LogP contribution >= 0.6 is 11.6 Å². The molecule has 0 radical (unpaired) electrons. The minimum absolute atomic E-state index is 0.0221. The number of amides is 1. The molecule has 0 spiro atoms. The average molecular weight is 614 g/mol. The first-order valence-electron chi connectivity index (χ1n) is 12.9. The number of halogens is 5. The number of aromatic nitrogens is 4. The summed E-state index contributed by atoms with van der Waals surface area (Å²) in [5.41, 5.74) is 4.78. The molecule has 0 saturated heterocycles. The Morgan fingerprint density at radius 1 is 1.26 bits per heavy atom. The smallest absolute Gasteiger partial charge is 0.417 e. The van der Waals surface area contributed by atoms with E-state index in [9.17, 15) is 18.0 Å². The van der Waals surface area contributed by atoms with Crippen molar-refractivity contribution < 1.29 is 36.7 Å². The molecule has 2 N–H and O–H groups in total. The topological polar surface area (TPSA) is 121 Å². The maximum Gasteiger partial charge on any atom is 0.417 e. The highest BCUT2D eigenvalue weighted by molar-refractivity contribution is 6.34. The van der Waals surface area contributed by atoms with Crippen molar-refractivity contribution in [3.8, 4) is 6.01 Å². The Bertz CT molecular complexity index is 1550. The van der Waals surface area contributed by atoms with E-state index in [0.717, 1.165) is 11.1 Å². The van der Waals surface area contributed by atoms with E-state index in [1.54, 1.807) is 4.68 Å². The first-order chi connectivity index (χ1) is 19.8. The van der Waals surface area contributed by atoms with Gasteiger partial charge in [-0.15, -0.1) is 0 Å². The van der Waals surface area contributed by atoms with Crippen molar-refractivity contribution in [2.45, 2.75) is 51.7 Å². The normalized spacial score (nSPS) is 17.0. The molecule has 1 aromatic carbocycles. The molecule has 4 heterocycles. The highest BCUT2D eigenvalue weighted by Gasteiger charge is 2.41. The largest absolute Gasteiger partial charge is 0.467 e. The van der Waals surface area contributed by atoms with Gasteiger partial charge in [-0.05, 0) is 25.0 Å². The van der Waals surface area contributed by atoms with Crippen LogP contribution < -0.4 is 15.4 Å². The summed E-state index contributed by atoms with van der Waals surface area (Å²) in [7, 11) is 4.15. The number of carbonyl (C=O) groups excluding carboxylic acids is 1. The number of hydrogen-bond donors (Lipinski definition) is 1. The Balaban J connectivity index is 1.53. The minimum Gasteiger partial charge on any atom is -0.467 e. The number of rotatable bonds is 5. The summed E-state index contributed by atoms with van der Waals surface area (Å²) >= 11 is 6.61. The summed E-state index contributed by atoms with van der Waals surface area (Å²) in [6, 6.07) is 0.939. The monoisotopic (exact) mass is 613 g/mol. The fourth-order valence-electron chi connectivity index (χ4n) is 5.33. The van der Waals surface area contributed by atoms with Gasteiger partial charge in [0.25, 0.3) is 5.91 Å². The molecule has 0 bridgehead atoms. The third-order valence-electron chi connectivity index (χ3n) is 7.37. The van der Waals surface area contributed by atoms with Crippen LogP contribution in [0.3, 0.4) is 0 Å². The summed E-state index contributed by atoms with van der Waals surface area (Å²) in [5, 5.41) is 5.56. The Labute approximate surface area is 243 Å². The van der Waals surface area contributed by atoms with Crippen LogP contribution in [0.4, 0.5) is 29.1 Å². The maximum atomic E-state index is 15.2. The van der Waals surface area contributed by atoms with Crippen LogP contribution in [0, 0.1) is 12.7 Å². The van der Waals surface area contributed by atoms with Gasteiger partial charge in [0.2, 0.25) is 0 Å². The molecule has 2 aliphatic heterocycles. The van der Waals surface area contributed by atoms with Crippen molar-refractivity contribution >= 4 is 29.0 Å². The van der Waals surface area contributed by atoms with E-state index in [4.69, 9.17) is 31.6 Å². The number of hydroxylamine groups is 2. The van der Waals surface area contributed by atoms with Gasteiger partial charge >= 0.3 is 12.2 Å². The number of nitrogen functional groups attached to an aromatic ring is 1. The molecule has 1 atom stereocenters. The molecule has 0 saturated carbocycles. The molecule has 42 heavy (non-hydrogen) atoms. The fourth-order valence-corrected chi connectivity index (χ4v) is 5.60. The van der Waals surface area contributed by atoms with Crippen molar-refractivity contribution in [3.05, 3.63) is 56.2 Å². The molecule has 0 fully saturated rings. The van der Waals surface area contributed by atoms with E-state index in [-0.39, 0.29) is 41.9 Å². The van der Waals surface area contributed by atoms with Gasteiger partial charge in [0.15, 0.2) is 11.5 Å². The minimum atomic E-state index is -4.83. The fraction of sp³-hybridized carbons (Fsp3) is 0.462. The quantitative estimate of drug-likeness (QED) is 0.256.